The van der Waals surface area contributed by atoms with Crippen molar-refractivity contribution in [1.82, 2.24) is 0 Å². The quantitative estimate of drug-likeness (QED) is 0.659. The summed E-state index contributed by atoms with van der Waals surface area (Å²) in [6.07, 6.45) is 0. The summed E-state index contributed by atoms with van der Waals surface area (Å²) in [4.78, 5) is 0. The van der Waals surface area contributed by atoms with Crippen LogP contribution in [0, 0.1) is 28.8 Å². The number of nitrogens with two attached hydrogens (primary N) is 1. The Balaban J connectivity index is 2.46. The molecule has 0 atom stereocenters. The monoisotopic (exact) mass is 342 g/mol. The number of rotatable bonds is 2. The van der Waals surface area contributed by atoms with E-state index in [1.165, 1.54) is 6.07 Å². The molecule has 2 aromatic rings. The molecule has 0 amide bonds. The molecule has 0 saturated carbocycles. The van der Waals surface area contributed by atoms with Gasteiger partial charge in [0.2, 0.25) is 5.82 Å². The van der Waals surface area contributed by atoms with Gasteiger partial charge in [-0.05, 0) is 34.1 Å². The summed E-state index contributed by atoms with van der Waals surface area (Å²) in [7, 11) is 0. The highest BCUT2D eigenvalue weighted by atomic mass is 79.9. The van der Waals surface area contributed by atoms with E-state index in [0.717, 1.165) is 18.2 Å². The van der Waals surface area contributed by atoms with Crippen LogP contribution in [0.4, 0.5) is 18.9 Å². The maximum absolute atomic E-state index is 13.7. The van der Waals surface area contributed by atoms with Gasteiger partial charge in [0, 0.05) is 6.07 Å². The van der Waals surface area contributed by atoms with Crippen molar-refractivity contribution in [2.45, 2.75) is 0 Å². The van der Waals surface area contributed by atoms with Gasteiger partial charge in [0.15, 0.2) is 11.6 Å². The van der Waals surface area contributed by atoms with Gasteiger partial charge in [-0.1, -0.05) is 0 Å². The lowest BCUT2D eigenvalue weighted by molar-refractivity contribution is 0.414. The molecule has 2 rings (SSSR count). The van der Waals surface area contributed by atoms with E-state index in [1.807, 2.05) is 0 Å². The van der Waals surface area contributed by atoms with Gasteiger partial charge in [0.25, 0.3) is 0 Å². The molecular formula is C13H6BrF3N2O. The van der Waals surface area contributed by atoms with E-state index >= 15 is 0 Å². The van der Waals surface area contributed by atoms with E-state index in [9.17, 15) is 13.2 Å². The zero-order valence-corrected chi connectivity index (χ0v) is 11.3. The fourth-order valence-corrected chi connectivity index (χ4v) is 1.96. The number of ether oxygens (including phenoxy) is 1. The molecule has 20 heavy (non-hydrogen) atoms. The fraction of sp³-hybridized carbons (Fsp3) is 0. The molecule has 2 aromatic carbocycles. The first-order valence-electron chi connectivity index (χ1n) is 5.24. The van der Waals surface area contributed by atoms with Crippen molar-refractivity contribution in [3.63, 3.8) is 0 Å². The van der Waals surface area contributed by atoms with Gasteiger partial charge in [-0.15, -0.1) is 0 Å². The van der Waals surface area contributed by atoms with Crippen LogP contribution in [-0.4, -0.2) is 0 Å². The number of nitrogen functional groups attached to an aromatic ring is 1. The topological polar surface area (TPSA) is 59.0 Å². The molecule has 0 saturated heterocycles. The Morgan fingerprint density at radius 3 is 2.50 bits per heavy atom. The van der Waals surface area contributed by atoms with Gasteiger partial charge in [0.05, 0.1) is 15.7 Å². The Labute approximate surface area is 120 Å². The second-order valence-electron chi connectivity index (χ2n) is 3.76. The van der Waals surface area contributed by atoms with E-state index < -0.39 is 23.2 Å². The van der Waals surface area contributed by atoms with Crippen LogP contribution in [0.15, 0.2) is 28.7 Å². The molecule has 0 aromatic heterocycles. The van der Waals surface area contributed by atoms with Gasteiger partial charge in [-0.25, -0.2) is 8.78 Å². The zero-order valence-electron chi connectivity index (χ0n) is 9.75. The van der Waals surface area contributed by atoms with Crippen molar-refractivity contribution in [3.8, 4) is 17.6 Å². The standard InChI is InChI=1S/C13H6BrF3N2O/c14-8-4-10(19)11(16)12(17)13(8)20-7-1-2-9(15)6(3-7)5-18/h1-4H,19H2. The first kappa shape index (κ1) is 14.2. The summed E-state index contributed by atoms with van der Waals surface area (Å²) in [6.45, 7) is 0. The molecule has 0 fully saturated rings. The van der Waals surface area contributed by atoms with E-state index in [4.69, 9.17) is 15.7 Å². The third-order valence-corrected chi connectivity index (χ3v) is 3.01. The minimum atomic E-state index is -1.28. The summed E-state index contributed by atoms with van der Waals surface area (Å²) >= 11 is 2.99. The van der Waals surface area contributed by atoms with Crippen molar-refractivity contribution in [1.29, 1.82) is 5.26 Å². The predicted octanol–water partition coefficient (Wildman–Crippen LogP) is 4.11. The normalized spacial score (nSPS) is 10.2. The molecule has 0 spiro atoms. The van der Waals surface area contributed by atoms with Crippen LogP contribution in [-0.2, 0) is 0 Å². The molecule has 0 aliphatic carbocycles. The fourth-order valence-electron chi connectivity index (χ4n) is 1.46. The SMILES string of the molecule is N#Cc1cc(Oc2c(Br)cc(N)c(F)c2F)ccc1F. The van der Waals surface area contributed by atoms with Gasteiger partial charge >= 0.3 is 0 Å². The van der Waals surface area contributed by atoms with Crippen molar-refractivity contribution >= 4 is 21.6 Å². The van der Waals surface area contributed by atoms with E-state index in [1.54, 1.807) is 6.07 Å². The van der Waals surface area contributed by atoms with Crippen LogP contribution in [0.3, 0.4) is 0 Å². The highest BCUT2D eigenvalue weighted by molar-refractivity contribution is 9.10. The minimum Gasteiger partial charge on any atom is -0.453 e. The van der Waals surface area contributed by atoms with Crippen LogP contribution in [0.5, 0.6) is 11.5 Å². The van der Waals surface area contributed by atoms with Crippen molar-refractivity contribution in [2.24, 2.45) is 0 Å². The summed E-state index contributed by atoms with van der Waals surface area (Å²) in [5.74, 6) is -3.70. The van der Waals surface area contributed by atoms with Crippen LogP contribution in [0.2, 0.25) is 0 Å². The average molecular weight is 343 g/mol. The molecule has 2 N–H and O–H groups in total. The molecule has 0 unspecified atom stereocenters. The molecule has 0 aliphatic heterocycles. The van der Waals surface area contributed by atoms with Crippen LogP contribution in [0.25, 0.3) is 0 Å². The Bertz CT molecular complexity index is 729. The molecule has 7 heteroatoms. The third-order valence-electron chi connectivity index (χ3n) is 2.42. The highest BCUT2D eigenvalue weighted by Crippen LogP contribution is 2.36. The van der Waals surface area contributed by atoms with Gasteiger partial charge < -0.3 is 10.5 Å². The smallest absolute Gasteiger partial charge is 0.204 e. The first-order valence-corrected chi connectivity index (χ1v) is 6.03. The zero-order chi connectivity index (χ0) is 14.9. The number of nitrogens with zero attached hydrogens (tertiary/aromatic N) is 1. The highest BCUT2D eigenvalue weighted by Gasteiger charge is 2.18. The first-order chi connectivity index (χ1) is 9.43. The molecule has 102 valence electrons. The van der Waals surface area contributed by atoms with E-state index in [2.05, 4.69) is 15.9 Å². The average Bonchev–Trinajstić information content (AvgIpc) is 2.43. The van der Waals surface area contributed by atoms with E-state index in [-0.39, 0.29) is 21.5 Å². The lowest BCUT2D eigenvalue weighted by Gasteiger charge is -2.11. The molecule has 0 aliphatic rings. The maximum atomic E-state index is 13.7. The molecule has 0 heterocycles. The Morgan fingerprint density at radius 1 is 1.15 bits per heavy atom. The maximum Gasteiger partial charge on any atom is 0.204 e. The van der Waals surface area contributed by atoms with Crippen LogP contribution >= 0.6 is 15.9 Å². The second kappa shape index (κ2) is 5.43. The Morgan fingerprint density at radius 2 is 1.85 bits per heavy atom. The van der Waals surface area contributed by atoms with E-state index in [0.29, 0.717) is 0 Å². The lowest BCUT2D eigenvalue weighted by atomic mass is 10.2. The van der Waals surface area contributed by atoms with Crippen molar-refractivity contribution in [3.05, 3.63) is 51.8 Å². The van der Waals surface area contributed by atoms with Gasteiger partial charge in [0.1, 0.15) is 17.6 Å². The molecule has 0 bridgehead atoms. The number of anilines is 1. The summed E-state index contributed by atoms with van der Waals surface area (Å²) in [6, 6.07) is 6.02. The lowest BCUT2D eigenvalue weighted by Crippen LogP contribution is -1.99. The molecule has 0 radical (unpaired) electrons. The van der Waals surface area contributed by atoms with Crippen LogP contribution < -0.4 is 10.5 Å². The largest absolute Gasteiger partial charge is 0.453 e. The summed E-state index contributed by atoms with van der Waals surface area (Å²) < 4.78 is 45.5. The Hall–Kier alpha value is -2.20. The number of hydrogen-bond donors (Lipinski definition) is 1. The Kier molecular flexibility index (Phi) is 3.86. The van der Waals surface area contributed by atoms with Crippen LogP contribution in [0.1, 0.15) is 5.56 Å². The number of hydrogen-bond acceptors (Lipinski definition) is 3. The minimum absolute atomic E-state index is 0.00767. The third kappa shape index (κ3) is 2.56. The van der Waals surface area contributed by atoms with Crippen molar-refractivity contribution in [2.75, 3.05) is 5.73 Å². The number of halogens is 4. The number of nitriles is 1. The van der Waals surface area contributed by atoms with Gasteiger partial charge in [-0.3, -0.25) is 0 Å². The van der Waals surface area contributed by atoms with Gasteiger partial charge in [-0.2, -0.15) is 9.65 Å². The predicted molar refractivity (Wildman–Crippen MR) is 69.7 cm³/mol. The molecule has 3 nitrogen and oxygen atoms in total. The van der Waals surface area contributed by atoms with Crippen molar-refractivity contribution < 1.29 is 17.9 Å². The summed E-state index contributed by atoms with van der Waals surface area (Å²) in [5.41, 5.74) is 4.61. The summed E-state index contributed by atoms with van der Waals surface area (Å²) in [5, 5.41) is 8.69. The molecular weight excluding hydrogens is 337 g/mol. The second-order valence-corrected chi connectivity index (χ2v) is 4.61. The number of benzene rings is 2.